The number of primary amides is 1. The van der Waals surface area contributed by atoms with Gasteiger partial charge in [-0.25, -0.2) is 0 Å². The zero-order valence-electron chi connectivity index (χ0n) is 9.15. The molecule has 1 aromatic rings. The zero-order valence-corrected chi connectivity index (χ0v) is 9.15. The van der Waals surface area contributed by atoms with E-state index in [1.807, 2.05) is 12.1 Å². The molecular weight excluding hydrogens is 200 g/mol. The maximum absolute atomic E-state index is 11.0. The van der Waals surface area contributed by atoms with E-state index in [0.29, 0.717) is 11.6 Å². The summed E-state index contributed by atoms with van der Waals surface area (Å²) in [5.74, 6) is -0.386. The lowest BCUT2D eigenvalue weighted by Crippen LogP contribution is -2.19. The Labute approximate surface area is 95.3 Å². The van der Waals surface area contributed by atoms with E-state index in [4.69, 9.17) is 5.73 Å². The number of amides is 1. The fourth-order valence-electron chi connectivity index (χ4n) is 1.91. The van der Waals surface area contributed by atoms with E-state index >= 15 is 0 Å². The maximum Gasteiger partial charge on any atom is 0.248 e. The molecular formula is C13H16N2O. The van der Waals surface area contributed by atoms with Gasteiger partial charge in [0, 0.05) is 17.3 Å². The first-order valence-electron chi connectivity index (χ1n) is 5.59. The van der Waals surface area contributed by atoms with E-state index in [1.54, 1.807) is 12.1 Å². The quantitative estimate of drug-likeness (QED) is 0.762. The van der Waals surface area contributed by atoms with Crippen LogP contribution in [0.1, 0.15) is 29.6 Å². The smallest absolute Gasteiger partial charge is 0.248 e. The predicted molar refractivity (Wildman–Crippen MR) is 65.4 cm³/mol. The summed E-state index contributed by atoms with van der Waals surface area (Å²) in [6, 6.07) is 7.69. The largest absolute Gasteiger partial charge is 0.379 e. The molecule has 2 rings (SSSR count). The van der Waals surface area contributed by atoms with Crippen LogP contribution in [0.4, 0.5) is 5.69 Å². The van der Waals surface area contributed by atoms with Crippen molar-refractivity contribution in [2.75, 3.05) is 5.32 Å². The molecule has 1 unspecified atom stereocenters. The highest BCUT2D eigenvalue weighted by Gasteiger charge is 2.08. The minimum atomic E-state index is -0.386. The minimum absolute atomic E-state index is 0.372. The minimum Gasteiger partial charge on any atom is -0.379 e. The third kappa shape index (κ3) is 2.63. The topological polar surface area (TPSA) is 55.1 Å². The number of hydrogen-bond donors (Lipinski definition) is 2. The Balaban J connectivity index is 2.08. The number of benzene rings is 1. The van der Waals surface area contributed by atoms with E-state index in [1.165, 1.54) is 12.8 Å². The molecule has 1 aliphatic carbocycles. The molecule has 1 atom stereocenters. The van der Waals surface area contributed by atoms with Crippen molar-refractivity contribution in [1.29, 1.82) is 0 Å². The van der Waals surface area contributed by atoms with Crippen LogP contribution >= 0.6 is 0 Å². The van der Waals surface area contributed by atoms with Crippen LogP contribution in [0.25, 0.3) is 0 Å². The van der Waals surface area contributed by atoms with Gasteiger partial charge in [-0.3, -0.25) is 4.79 Å². The van der Waals surface area contributed by atoms with Gasteiger partial charge in [0.05, 0.1) is 0 Å². The van der Waals surface area contributed by atoms with Gasteiger partial charge < -0.3 is 11.1 Å². The van der Waals surface area contributed by atoms with E-state index in [9.17, 15) is 4.79 Å². The predicted octanol–water partition coefficient (Wildman–Crippen LogP) is 2.31. The Morgan fingerprint density at radius 2 is 2.31 bits per heavy atom. The van der Waals surface area contributed by atoms with Gasteiger partial charge in [-0.05, 0) is 37.5 Å². The lowest BCUT2D eigenvalue weighted by molar-refractivity contribution is 0.100. The van der Waals surface area contributed by atoms with E-state index in [-0.39, 0.29) is 5.91 Å². The molecule has 3 nitrogen and oxygen atoms in total. The molecule has 1 aliphatic rings. The number of nitrogens with one attached hydrogen (secondary N) is 1. The number of anilines is 1. The SMILES string of the molecule is NC(=O)c1cccc(NC2C=CCCC2)c1. The molecule has 0 aromatic heterocycles. The molecule has 0 spiro atoms. The van der Waals surface area contributed by atoms with Crippen LogP contribution in [0.3, 0.4) is 0 Å². The van der Waals surface area contributed by atoms with Crippen molar-refractivity contribution in [2.45, 2.75) is 25.3 Å². The second kappa shape index (κ2) is 4.84. The molecule has 0 aliphatic heterocycles. The van der Waals surface area contributed by atoms with Crippen LogP contribution in [-0.2, 0) is 0 Å². The Hall–Kier alpha value is -1.77. The third-order valence-electron chi connectivity index (χ3n) is 2.75. The summed E-state index contributed by atoms with van der Waals surface area (Å²) in [7, 11) is 0. The van der Waals surface area contributed by atoms with Crippen molar-refractivity contribution in [2.24, 2.45) is 5.73 Å². The van der Waals surface area contributed by atoms with Crippen molar-refractivity contribution in [3.63, 3.8) is 0 Å². The summed E-state index contributed by atoms with van der Waals surface area (Å²) in [5.41, 5.74) is 6.73. The fraction of sp³-hybridized carbons (Fsp3) is 0.308. The van der Waals surface area contributed by atoms with E-state index < -0.39 is 0 Å². The van der Waals surface area contributed by atoms with Gasteiger partial charge >= 0.3 is 0 Å². The molecule has 0 bridgehead atoms. The van der Waals surface area contributed by atoms with Crippen molar-refractivity contribution >= 4 is 11.6 Å². The first-order chi connectivity index (χ1) is 7.75. The maximum atomic E-state index is 11.0. The van der Waals surface area contributed by atoms with Crippen LogP contribution in [0.5, 0.6) is 0 Å². The lowest BCUT2D eigenvalue weighted by Gasteiger charge is -2.19. The average Bonchev–Trinajstić information content (AvgIpc) is 2.30. The Morgan fingerprint density at radius 3 is 3.00 bits per heavy atom. The van der Waals surface area contributed by atoms with Gasteiger partial charge in [-0.2, -0.15) is 0 Å². The van der Waals surface area contributed by atoms with Crippen molar-refractivity contribution in [1.82, 2.24) is 0 Å². The molecule has 3 N–H and O–H groups in total. The normalized spacial score (nSPS) is 19.4. The molecule has 0 saturated carbocycles. The second-order valence-electron chi connectivity index (χ2n) is 4.05. The number of carbonyl (C=O) groups is 1. The third-order valence-corrected chi connectivity index (χ3v) is 2.75. The Kier molecular flexibility index (Phi) is 3.25. The average molecular weight is 216 g/mol. The highest BCUT2D eigenvalue weighted by atomic mass is 16.1. The first kappa shape index (κ1) is 10.7. The summed E-state index contributed by atoms with van der Waals surface area (Å²) in [5, 5.41) is 3.38. The van der Waals surface area contributed by atoms with Crippen LogP contribution in [0.2, 0.25) is 0 Å². The molecule has 84 valence electrons. The summed E-state index contributed by atoms with van der Waals surface area (Å²) < 4.78 is 0. The van der Waals surface area contributed by atoms with Gasteiger partial charge in [-0.15, -0.1) is 0 Å². The molecule has 3 heteroatoms. The number of nitrogens with two attached hydrogens (primary N) is 1. The summed E-state index contributed by atoms with van der Waals surface area (Å²) in [6.07, 6.45) is 7.89. The summed E-state index contributed by atoms with van der Waals surface area (Å²) >= 11 is 0. The van der Waals surface area contributed by atoms with Crippen molar-refractivity contribution in [3.05, 3.63) is 42.0 Å². The first-order valence-corrected chi connectivity index (χ1v) is 5.59. The molecule has 0 fully saturated rings. The van der Waals surface area contributed by atoms with Gasteiger partial charge in [0.1, 0.15) is 0 Å². The molecule has 1 amide bonds. The van der Waals surface area contributed by atoms with Gasteiger partial charge in [0.25, 0.3) is 0 Å². The van der Waals surface area contributed by atoms with E-state index in [2.05, 4.69) is 17.5 Å². The number of carbonyl (C=O) groups excluding carboxylic acids is 1. The molecule has 0 saturated heterocycles. The molecule has 1 aromatic carbocycles. The van der Waals surface area contributed by atoms with Crippen molar-refractivity contribution in [3.8, 4) is 0 Å². The van der Waals surface area contributed by atoms with Gasteiger partial charge in [0.2, 0.25) is 5.91 Å². The molecule has 0 radical (unpaired) electrons. The van der Waals surface area contributed by atoms with Crippen LogP contribution in [0.15, 0.2) is 36.4 Å². The number of allylic oxidation sites excluding steroid dienone is 1. The van der Waals surface area contributed by atoms with Crippen LogP contribution < -0.4 is 11.1 Å². The van der Waals surface area contributed by atoms with Gasteiger partial charge in [0.15, 0.2) is 0 Å². The summed E-state index contributed by atoms with van der Waals surface area (Å²) in [4.78, 5) is 11.0. The van der Waals surface area contributed by atoms with Crippen LogP contribution in [-0.4, -0.2) is 11.9 Å². The number of rotatable bonds is 3. The monoisotopic (exact) mass is 216 g/mol. The van der Waals surface area contributed by atoms with Crippen molar-refractivity contribution < 1.29 is 4.79 Å². The Morgan fingerprint density at radius 1 is 1.44 bits per heavy atom. The molecule has 0 heterocycles. The highest BCUT2D eigenvalue weighted by molar-refractivity contribution is 5.93. The lowest BCUT2D eigenvalue weighted by atomic mass is 10.0. The molecule has 16 heavy (non-hydrogen) atoms. The fourth-order valence-corrected chi connectivity index (χ4v) is 1.91. The van der Waals surface area contributed by atoms with Gasteiger partial charge in [-0.1, -0.05) is 18.2 Å². The highest BCUT2D eigenvalue weighted by Crippen LogP contribution is 2.17. The summed E-state index contributed by atoms with van der Waals surface area (Å²) in [6.45, 7) is 0. The zero-order chi connectivity index (χ0) is 11.4. The second-order valence-corrected chi connectivity index (χ2v) is 4.05. The van der Waals surface area contributed by atoms with E-state index in [0.717, 1.165) is 12.1 Å². The number of hydrogen-bond acceptors (Lipinski definition) is 2. The standard InChI is InChI=1S/C13H16N2O/c14-13(16)10-5-4-8-12(9-10)15-11-6-2-1-3-7-11/h2,4-6,8-9,11,15H,1,3,7H2,(H2,14,16). The Bertz CT molecular complexity index is 412. The van der Waals surface area contributed by atoms with Crippen LogP contribution in [0, 0.1) is 0 Å².